The second kappa shape index (κ2) is 7.93. The van der Waals surface area contributed by atoms with Crippen LogP contribution in [0.25, 0.3) is 11.0 Å². The highest BCUT2D eigenvalue weighted by Crippen LogP contribution is 2.33. The fraction of sp³-hybridized carbons (Fsp3) is 0.435. The molecule has 0 saturated carbocycles. The van der Waals surface area contributed by atoms with Gasteiger partial charge in [0, 0.05) is 31.4 Å². The quantitative estimate of drug-likeness (QED) is 0.610. The molecule has 2 aliphatic rings. The summed E-state index contributed by atoms with van der Waals surface area (Å²) in [4.78, 5) is 7.58. The van der Waals surface area contributed by atoms with Gasteiger partial charge in [0.05, 0.1) is 35.7 Å². The van der Waals surface area contributed by atoms with Crippen LogP contribution in [0.1, 0.15) is 25.2 Å². The molecule has 8 heteroatoms. The zero-order valence-corrected chi connectivity index (χ0v) is 18.8. The Balaban J connectivity index is 1.50. The SMILES string of the molecule is CCn1c(CN2c3ccccc3C[C@H]2C)nc2cc(S(=O)(=O)N3CCOCC3)ccc21. The van der Waals surface area contributed by atoms with Crippen LogP contribution in [0.4, 0.5) is 5.69 Å². The first kappa shape index (κ1) is 20.5. The number of sulfonamides is 1. The lowest BCUT2D eigenvalue weighted by Gasteiger charge is -2.26. The Labute approximate surface area is 183 Å². The van der Waals surface area contributed by atoms with Crippen molar-refractivity contribution < 1.29 is 13.2 Å². The van der Waals surface area contributed by atoms with Gasteiger partial charge in [0.1, 0.15) is 5.82 Å². The highest BCUT2D eigenvalue weighted by atomic mass is 32.2. The average Bonchev–Trinajstić information content (AvgIpc) is 3.30. The third-order valence-corrected chi connectivity index (χ3v) is 8.28. The number of hydrogen-bond acceptors (Lipinski definition) is 5. The number of rotatable bonds is 5. The maximum atomic E-state index is 13.1. The van der Waals surface area contributed by atoms with E-state index >= 15 is 0 Å². The van der Waals surface area contributed by atoms with Gasteiger partial charge in [-0.3, -0.25) is 0 Å². The second-order valence-corrected chi connectivity index (χ2v) is 10.2. The summed E-state index contributed by atoms with van der Waals surface area (Å²) < 4.78 is 35.1. The van der Waals surface area contributed by atoms with Gasteiger partial charge in [-0.15, -0.1) is 0 Å². The molecule has 0 radical (unpaired) electrons. The Morgan fingerprint density at radius 1 is 1.13 bits per heavy atom. The van der Waals surface area contributed by atoms with E-state index in [0.717, 1.165) is 29.8 Å². The predicted octanol–water partition coefficient (Wildman–Crippen LogP) is 3.03. The smallest absolute Gasteiger partial charge is 0.243 e. The second-order valence-electron chi connectivity index (χ2n) is 8.25. The minimum absolute atomic E-state index is 0.300. The molecule has 0 spiro atoms. The molecule has 2 aromatic carbocycles. The maximum absolute atomic E-state index is 13.1. The van der Waals surface area contributed by atoms with Gasteiger partial charge >= 0.3 is 0 Å². The lowest BCUT2D eigenvalue weighted by molar-refractivity contribution is 0.0730. The number of hydrogen-bond donors (Lipinski definition) is 0. The minimum Gasteiger partial charge on any atom is -0.379 e. The van der Waals surface area contributed by atoms with Crippen LogP contribution in [0.5, 0.6) is 0 Å². The standard InChI is InChI=1S/C23H28N4O3S/c1-3-26-22-9-8-19(31(28,29)25-10-12-30-13-11-25)15-20(22)24-23(26)16-27-17(2)14-18-6-4-5-7-21(18)27/h4-9,15,17H,3,10-14,16H2,1-2H3/t17-/m1/s1. The number of imidazole rings is 1. The van der Waals surface area contributed by atoms with Gasteiger partial charge in [-0.25, -0.2) is 13.4 Å². The molecule has 31 heavy (non-hydrogen) atoms. The number of ether oxygens (including phenoxy) is 1. The molecule has 1 aromatic heterocycles. The summed E-state index contributed by atoms with van der Waals surface area (Å²) in [5.74, 6) is 0.960. The molecule has 2 aliphatic heterocycles. The first-order valence-corrected chi connectivity index (χ1v) is 12.3. The molecule has 1 atom stereocenters. The fourth-order valence-corrected chi connectivity index (χ4v) is 6.18. The summed E-state index contributed by atoms with van der Waals surface area (Å²) in [6.45, 7) is 7.48. The number of para-hydroxylation sites is 1. The molecule has 3 heterocycles. The van der Waals surface area contributed by atoms with Crippen LogP contribution in [0, 0.1) is 0 Å². The maximum Gasteiger partial charge on any atom is 0.243 e. The van der Waals surface area contributed by atoms with Crippen molar-refractivity contribution in [3.05, 3.63) is 53.9 Å². The summed E-state index contributed by atoms with van der Waals surface area (Å²) in [5, 5.41) is 0. The molecule has 1 saturated heterocycles. The zero-order valence-electron chi connectivity index (χ0n) is 18.0. The van der Waals surface area contributed by atoms with Crippen molar-refractivity contribution in [2.75, 3.05) is 31.2 Å². The van der Waals surface area contributed by atoms with E-state index in [0.29, 0.717) is 43.8 Å². The van der Waals surface area contributed by atoms with Gasteiger partial charge < -0.3 is 14.2 Å². The van der Waals surface area contributed by atoms with Gasteiger partial charge in [-0.2, -0.15) is 4.31 Å². The monoisotopic (exact) mass is 440 g/mol. The Morgan fingerprint density at radius 3 is 2.68 bits per heavy atom. The van der Waals surface area contributed by atoms with Crippen molar-refractivity contribution >= 4 is 26.7 Å². The largest absolute Gasteiger partial charge is 0.379 e. The first-order valence-electron chi connectivity index (χ1n) is 10.9. The number of morpholine rings is 1. The molecule has 7 nitrogen and oxygen atoms in total. The molecule has 3 aromatic rings. The molecule has 0 unspecified atom stereocenters. The first-order chi connectivity index (χ1) is 15.0. The Morgan fingerprint density at radius 2 is 1.90 bits per heavy atom. The normalized spacial score (nSPS) is 19.8. The van der Waals surface area contributed by atoms with Crippen LogP contribution in [0.15, 0.2) is 47.4 Å². The Hall–Kier alpha value is -2.42. The van der Waals surface area contributed by atoms with Crippen molar-refractivity contribution in [1.29, 1.82) is 0 Å². The van der Waals surface area contributed by atoms with Crippen molar-refractivity contribution in [1.82, 2.24) is 13.9 Å². The Bertz CT molecular complexity index is 1210. The van der Waals surface area contributed by atoms with E-state index in [4.69, 9.17) is 9.72 Å². The average molecular weight is 441 g/mol. The van der Waals surface area contributed by atoms with E-state index in [2.05, 4.69) is 47.6 Å². The van der Waals surface area contributed by atoms with Crippen molar-refractivity contribution in [2.45, 2.75) is 44.3 Å². The van der Waals surface area contributed by atoms with Crippen LogP contribution in [-0.4, -0.2) is 54.6 Å². The molecule has 0 amide bonds. The van der Waals surface area contributed by atoms with E-state index in [1.807, 2.05) is 6.07 Å². The number of aromatic nitrogens is 2. The summed E-state index contributed by atoms with van der Waals surface area (Å²) in [5.41, 5.74) is 4.33. The van der Waals surface area contributed by atoms with E-state index in [1.165, 1.54) is 15.6 Å². The van der Waals surface area contributed by atoms with Crippen molar-refractivity contribution in [3.8, 4) is 0 Å². The van der Waals surface area contributed by atoms with Gasteiger partial charge in [-0.1, -0.05) is 18.2 Å². The lowest BCUT2D eigenvalue weighted by atomic mass is 10.1. The van der Waals surface area contributed by atoms with Crippen molar-refractivity contribution in [3.63, 3.8) is 0 Å². The summed E-state index contributed by atoms with van der Waals surface area (Å²) in [6, 6.07) is 14.3. The molecule has 0 bridgehead atoms. The third-order valence-electron chi connectivity index (χ3n) is 6.38. The number of fused-ring (bicyclic) bond motifs is 2. The van der Waals surface area contributed by atoms with Crippen LogP contribution < -0.4 is 4.90 Å². The van der Waals surface area contributed by atoms with Gasteiger partial charge in [-0.05, 0) is 50.1 Å². The molecule has 1 fully saturated rings. The molecular weight excluding hydrogens is 412 g/mol. The van der Waals surface area contributed by atoms with Crippen molar-refractivity contribution in [2.24, 2.45) is 0 Å². The number of aryl methyl sites for hydroxylation is 1. The minimum atomic E-state index is -3.54. The fourth-order valence-electron chi connectivity index (χ4n) is 4.75. The summed E-state index contributed by atoms with van der Waals surface area (Å²) in [7, 11) is -3.54. The van der Waals surface area contributed by atoms with E-state index in [-0.39, 0.29) is 0 Å². The van der Waals surface area contributed by atoms with Gasteiger partial charge in [0.25, 0.3) is 0 Å². The van der Waals surface area contributed by atoms with Gasteiger partial charge in [0.2, 0.25) is 10.0 Å². The number of anilines is 1. The summed E-state index contributed by atoms with van der Waals surface area (Å²) >= 11 is 0. The van der Waals surface area contributed by atoms with E-state index < -0.39 is 10.0 Å². The lowest BCUT2D eigenvalue weighted by Crippen LogP contribution is -2.40. The highest BCUT2D eigenvalue weighted by molar-refractivity contribution is 7.89. The molecule has 0 aliphatic carbocycles. The third kappa shape index (κ3) is 3.52. The molecular formula is C23H28N4O3S. The Kier molecular flexibility index (Phi) is 5.24. The number of benzene rings is 2. The highest BCUT2D eigenvalue weighted by Gasteiger charge is 2.29. The topological polar surface area (TPSA) is 67.7 Å². The van der Waals surface area contributed by atoms with Crippen LogP contribution in [0.3, 0.4) is 0 Å². The van der Waals surface area contributed by atoms with Gasteiger partial charge in [0.15, 0.2) is 0 Å². The molecule has 164 valence electrons. The number of nitrogens with zero attached hydrogens (tertiary/aromatic N) is 4. The van der Waals surface area contributed by atoms with E-state index in [9.17, 15) is 8.42 Å². The van der Waals surface area contributed by atoms with E-state index in [1.54, 1.807) is 12.1 Å². The molecule has 5 rings (SSSR count). The van der Waals surface area contributed by atoms with Crippen LogP contribution in [0.2, 0.25) is 0 Å². The van der Waals surface area contributed by atoms with Crippen LogP contribution in [-0.2, 0) is 34.3 Å². The molecule has 0 N–H and O–H groups in total. The zero-order chi connectivity index (χ0) is 21.6. The summed E-state index contributed by atoms with van der Waals surface area (Å²) in [6.07, 6.45) is 1.03. The predicted molar refractivity (Wildman–Crippen MR) is 121 cm³/mol. The van der Waals surface area contributed by atoms with Crippen LogP contribution >= 0.6 is 0 Å².